The van der Waals surface area contributed by atoms with Crippen LogP contribution in [0, 0.1) is 5.82 Å². The van der Waals surface area contributed by atoms with E-state index in [2.05, 4.69) is 4.74 Å². The summed E-state index contributed by atoms with van der Waals surface area (Å²) in [4.78, 5) is 38.7. The first-order valence-electron chi connectivity index (χ1n) is 9.43. The molecule has 0 radical (unpaired) electrons. The molecular weight excluding hydrogens is 393 g/mol. The molecule has 0 bridgehead atoms. The number of nitrogens with zero attached hydrogens (tertiary/aromatic N) is 1. The second-order valence-electron chi connectivity index (χ2n) is 6.75. The Bertz CT molecular complexity index is 1010. The zero-order valence-electron chi connectivity index (χ0n) is 16.9. The van der Waals surface area contributed by atoms with Gasteiger partial charge in [-0.1, -0.05) is 19.1 Å². The molecule has 158 valence electrons. The van der Waals surface area contributed by atoms with Crippen molar-refractivity contribution >= 4 is 17.8 Å². The fourth-order valence-electron chi connectivity index (χ4n) is 3.66. The number of allylic oxidation sites excluding steroid dienone is 1. The molecule has 30 heavy (non-hydrogen) atoms. The molecule has 1 amide bonds. The molecule has 0 fully saturated rings. The lowest BCUT2D eigenvalue weighted by atomic mass is 9.83. The normalized spacial score (nSPS) is 16.6. The quantitative estimate of drug-likeness (QED) is 0.671. The van der Waals surface area contributed by atoms with Crippen molar-refractivity contribution in [3.63, 3.8) is 0 Å². The summed E-state index contributed by atoms with van der Waals surface area (Å²) in [5.74, 6) is -2.13. The number of benzene rings is 1. The third kappa shape index (κ3) is 4.12. The smallest absolute Gasteiger partial charge is 0.373 e. The summed E-state index contributed by atoms with van der Waals surface area (Å²) in [6.07, 6.45) is 0.342. The molecule has 0 saturated carbocycles. The van der Waals surface area contributed by atoms with Gasteiger partial charge in [0.05, 0.1) is 26.3 Å². The van der Waals surface area contributed by atoms with Crippen molar-refractivity contribution in [2.45, 2.75) is 32.2 Å². The van der Waals surface area contributed by atoms with Crippen molar-refractivity contribution in [3.8, 4) is 0 Å². The SMILES string of the molecule is CCC1=C(C(=O)OC)C(c2cccc(F)c2)CC(=O)N1Cc1ccc(C(=O)OC)o1. The Morgan fingerprint density at radius 3 is 2.53 bits per heavy atom. The minimum Gasteiger partial charge on any atom is -0.466 e. The van der Waals surface area contributed by atoms with E-state index in [1.54, 1.807) is 18.2 Å². The highest BCUT2D eigenvalue weighted by Crippen LogP contribution is 2.39. The maximum Gasteiger partial charge on any atom is 0.373 e. The first-order valence-corrected chi connectivity index (χ1v) is 9.43. The zero-order chi connectivity index (χ0) is 21.8. The molecular formula is C22H22FNO6. The molecule has 1 atom stereocenters. The molecule has 1 aromatic carbocycles. The Morgan fingerprint density at radius 2 is 1.90 bits per heavy atom. The van der Waals surface area contributed by atoms with Crippen molar-refractivity contribution in [2.24, 2.45) is 0 Å². The van der Waals surface area contributed by atoms with Crippen LogP contribution in [0.25, 0.3) is 0 Å². The molecule has 1 aromatic heterocycles. The second-order valence-corrected chi connectivity index (χ2v) is 6.75. The minimum absolute atomic E-state index is 0.0183. The number of methoxy groups -OCH3 is 2. The Kier molecular flexibility index (Phi) is 6.34. The molecule has 7 nitrogen and oxygen atoms in total. The number of furan rings is 1. The summed E-state index contributed by atoms with van der Waals surface area (Å²) in [6, 6.07) is 8.88. The fourth-order valence-corrected chi connectivity index (χ4v) is 3.66. The van der Waals surface area contributed by atoms with Crippen LogP contribution in [0.2, 0.25) is 0 Å². The van der Waals surface area contributed by atoms with E-state index in [0.29, 0.717) is 29.0 Å². The molecule has 3 rings (SSSR count). The minimum atomic E-state index is -0.626. The van der Waals surface area contributed by atoms with Crippen LogP contribution < -0.4 is 0 Å². The molecule has 0 saturated heterocycles. The van der Waals surface area contributed by atoms with E-state index < -0.39 is 23.7 Å². The van der Waals surface area contributed by atoms with Crippen molar-refractivity contribution in [3.05, 3.63) is 70.6 Å². The number of esters is 2. The van der Waals surface area contributed by atoms with Crippen LogP contribution in [0.1, 0.15) is 47.6 Å². The molecule has 2 heterocycles. The van der Waals surface area contributed by atoms with Gasteiger partial charge in [0.25, 0.3) is 0 Å². The molecule has 0 spiro atoms. The first kappa shape index (κ1) is 21.3. The lowest BCUT2D eigenvalue weighted by molar-refractivity contribution is -0.138. The average Bonchev–Trinajstić information content (AvgIpc) is 3.22. The van der Waals surface area contributed by atoms with Crippen molar-refractivity contribution in [2.75, 3.05) is 14.2 Å². The largest absolute Gasteiger partial charge is 0.466 e. The molecule has 0 aliphatic carbocycles. The molecule has 2 aromatic rings. The zero-order valence-corrected chi connectivity index (χ0v) is 16.9. The van der Waals surface area contributed by atoms with E-state index in [1.165, 1.54) is 37.3 Å². The van der Waals surface area contributed by atoms with E-state index in [9.17, 15) is 18.8 Å². The highest BCUT2D eigenvalue weighted by atomic mass is 19.1. The third-order valence-corrected chi connectivity index (χ3v) is 5.02. The second kappa shape index (κ2) is 8.94. The summed E-state index contributed by atoms with van der Waals surface area (Å²) in [5.41, 5.74) is 1.31. The van der Waals surface area contributed by atoms with Crippen LogP contribution in [-0.4, -0.2) is 37.0 Å². The number of amides is 1. The Morgan fingerprint density at radius 1 is 1.17 bits per heavy atom. The lowest BCUT2D eigenvalue weighted by Crippen LogP contribution is -2.38. The van der Waals surface area contributed by atoms with Crippen LogP contribution in [0.5, 0.6) is 0 Å². The van der Waals surface area contributed by atoms with Gasteiger partial charge in [0.2, 0.25) is 11.7 Å². The van der Waals surface area contributed by atoms with Crippen molar-refractivity contribution in [1.82, 2.24) is 4.90 Å². The van der Waals surface area contributed by atoms with Gasteiger partial charge in [-0.3, -0.25) is 4.79 Å². The van der Waals surface area contributed by atoms with Gasteiger partial charge in [0.15, 0.2) is 0 Å². The van der Waals surface area contributed by atoms with Crippen molar-refractivity contribution < 1.29 is 32.7 Å². The fraction of sp³-hybridized carbons (Fsp3) is 0.318. The molecule has 1 aliphatic rings. The number of carbonyl (C=O) groups is 3. The number of halogens is 1. The van der Waals surface area contributed by atoms with E-state index in [4.69, 9.17) is 9.15 Å². The number of ether oxygens (including phenoxy) is 2. The van der Waals surface area contributed by atoms with Crippen LogP contribution >= 0.6 is 0 Å². The topological polar surface area (TPSA) is 86.1 Å². The highest BCUT2D eigenvalue weighted by molar-refractivity contribution is 5.96. The van der Waals surface area contributed by atoms with Gasteiger partial charge < -0.3 is 18.8 Å². The number of hydrogen-bond acceptors (Lipinski definition) is 6. The van der Waals surface area contributed by atoms with E-state index in [-0.39, 0.29) is 24.6 Å². The maximum atomic E-state index is 13.8. The van der Waals surface area contributed by atoms with Gasteiger partial charge in [-0.2, -0.15) is 0 Å². The Labute approximate surface area is 173 Å². The van der Waals surface area contributed by atoms with E-state index >= 15 is 0 Å². The van der Waals surface area contributed by atoms with Gasteiger partial charge in [-0.05, 0) is 36.2 Å². The van der Waals surface area contributed by atoms with E-state index in [1.807, 2.05) is 6.92 Å². The van der Waals surface area contributed by atoms with Crippen molar-refractivity contribution in [1.29, 1.82) is 0 Å². The maximum absolute atomic E-state index is 13.8. The third-order valence-electron chi connectivity index (χ3n) is 5.02. The lowest BCUT2D eigenvalue weighted by Gasteiger charge is -2.35. The molecule has 8 heteroatoms. The van der Waals surface area contributed by atoms with Crippen LogP contribution in [-0.2, 0) is 25.6 Å². The summed E-state index contributed by atoms with van der Waals surface area (Å²) in [6.45, 7) is 1.85. The Hall–Kier alpha value is -3.42. The summed E-state index contributed by atoms with van der Waals surface area (Å²) in [5, 5.41) is 0. The molecule has 1 aliphatic heterocycles. The van der Waals surface area contributed by atoms with E-state index in [0.717, 1.165) is 0 Å². The predicted molar refractivity (Wildman–Crippen MR) is 104 cm³/mol. The van der Waals surface area contributed by atoms with Crippen LogP contribution in [0.4, 0.5) is 4.39 Å². The van der Waals surface area contributed by atoms with Gasteiger partial charge in [-0.25, -0.2) is 14.0 Å². The van der Waals surface area contributed by atoms with Gasteiger partial charge >= 0.3 is 11.9 Å². The summed E-state index contributed by atoms with van der Waals surface area (Å²) >= 11 is 0. The summed E-state index contributed by atoms with van der Waals surface area (Å²) in [7, 11) is 2.51. The standard InChI is InChI=1S/C22H22FNO6/c1-4-17-20(22(27)29-3)16(13-6-5-7-14(23)10-13)11-19(25)24(17)12-15-8-9-18(30-15)21(26)28-2/h5-10,16H,4,11-12H2,1-3H3. The van der Waals surface area contributed by atoms with Crippen LogP contribution in [0.3, 0.4) is 0 Å². The van der Waals surface area contributed by atoms with Gasteiger partial charge in [0, 0.05) is 18.0 Å². The van der Waals surface area contributed by atoms with Gasteiger partial charge in [-0.15, -0.1) is 0 Å². The van der Waals surface area contributed by atoms with Crippen LogP contribution in [0.15, 0.2) is 52.1 Å². The number of hydrogen-bond donors (Lipinski definition) is 0. The molecule has 1 unspecified atom stereocenters. The predicted octanol–water partition coefficient (Wildman–Crippen LogP) is 3.56. The number of carbonyl (C=O) groups excluding carboxylic acids is 3. The Balaban J connectivity index is 2.03. The molecule has 0 N–H and O–H groups in total. The highest BCUT2D eigenvalue weighted by Gasteiger charge is 2.38. The van der Waals surface area contributed by atoms with Gasteiger partial charge in [0.1, 0.15) is 11.6 Å². The average molecular weight is 415 g/mol. The first-order chi connectivity index (χ1) is 14.4. The monoisotopic (exact) mass is 415 g/mol. The summed E-state index contributed by atoms with van der Waals surface area (Å²) < 4.78 is 28.9. The number of rotatable bonds is 6.